The number of hydrogen-bond donors (Lipinski definition) is 0. The molecule has 2 rings (SSSR count). The average molecular weight is 388 g/mol. The van der Waals surface area contributed by atoms with Crippen LogP contribution in [0.2, 0.25) is 0 Å². The van der Waals surface area contributed by atoms with Crippen LogP contribution in [-0.2, 0) is 6.42 Å². The highest BCUT2D eigenvalue weighted by atomic mass is 14.8. The maximum atomic E-state index is 5.00. The number of allylic oxidation sites excluding steroid dienone is 9. The van der Waals surface area contributed by atoms with E-state index >= 15 is 0 Å². The van der Waals surface area contributed by atoms with Crippen molar-refractivity contribution < 1.29 is 0 Å². The molecule has 0 atom stereocenters. The third-order valence-corrected chi connectivity index (χ3v) is 4.85. The smallest absolute Gasteiger partial charge is 0.154 e. The number of pyridine rings is 1. The number of fused-ring (bicyclic) bond motifs is 1. The summed E-state index contributed by atoms with van der Waals surface area (Å²) in [5.74, 6) is 0. The minimum absolute atomic E-state index is 0.838. The molecule has 0 aliphatic carbocycles. The number of aryl methyl sites for hydroxylation is 1. The lowest BCUT2D eigenvalue weighted by molar-refractivity contribution is 0.840. The summed E-state index contributed by atoms with van der Waals surface area (Å²) >= 11 is 0. The molecular weight excluding hydrogens is 354 g/mol. The van der Waals surface area contributed by atoms with Crippen LogP contribution in [0.25, 0.3) is 6.08 Å². The zero-order chi connectivity index (χ0) is 21.2. The van der Waals surface area contributed by atoms with Crippen molar-refractivity contribution in [3.8, 4) is 0 Å². The highest BCUT2D eigenvalue weighted by molar-refractivity contribution is 6.02. The lowest BCUT2D eigenvalue weighted by atomic mass is 10.0. The molecule has 2 heterocycles. The molecule has 1 aromatic rings. The van der Waals surface area contributed by atoms with E-state index in [0.29, 0.717) is 0 Å². The molecule has 0 bridgehead atoms. The molecule has 3 heteroatoms. The second kappa shape index (κ2) is 11.3. The lowest BCUT2D eigenvalue weighted by Crippen LogP contribution is -2.32. The molecule has 3 nitrogen and oxygen atoms in total. The van der Waals surface area contributed by atoms with Crippen LogP contribution in [0, 0.1) is 0 Å². The Kier molecular flexibility index (Phi) is 8.72. The first-order valence-corrected chi connectivity index (χ1v) is 10.3. The molecular formula is C26H33N3. The Balaban J connectivity index is 2.27. The fourth-order valence-corrected chi connectivity index (χ4v) is 3.28. The van der Waals surface area contributed by atoms with Crippen molar-refractivity contribution in [2.24, 2.45) is 9.98 Å². The van der Waals surface area contributed by atoms with Gasteiger partial charge in [-0.1, -0.05) is 48.6 Å². The maximum absolute atomic E-state index is 5.00. The van der Waals surface area contributed by atoms with E-state index in [-0.39, 0.29) is 0 Å². The number of rotatable bonds is 8. The summed E-state index contributed by atoms with van der Waals surface area (Å²) in [4.78, 5) is 14.3. The Morgan fingerprint density at radius 1 is 1.17 bits per heavy atom. The molecule has 0 unspecified atom stereocenters. The van der Waals surface area contributed by atoms with Crippen LogP contribution in [0.4, 0.5) is 0 Å². The molecule has 0 saturated carbocycles. The van der Waals surface area contributed by atoms with Crippen LogP contribution < -0.4 is 10.7 Å². The monoisotopic (exact) mass is 387 g/mol. The van der Waals surface area contributed by atoms with E-state index in [0.717, 1.165) is 59.2 Å². The summed E-state index contributed by atoms with van der Waals surface area (Å²) in [7, 11) is 0. The van der Waals surface area contributed by atoms with E-state index in [1.54, 1.807) is 6.08 Å². The highest BCUT2D eigenvalue weighted by Gasteiger charge is 2.07. The fraction of sp³-hybridized carbons (Fsp3) is 0.346. The van der Waals surface area contributed by atoms with Gasteiger partial charge in [-0.3, -0.25) is 9.98 Å². The van der Waals surface area contributed by atoms with Gasteiger partial charge < -0.3 is 0 Å². The molecule has 1 aromatic heterocycles. The van der Waals surface area contributed by atoms with Gasteiger partial charge >= 0.3 is 0 Å². The third kappa shape index (κ3) is 6.63. The Morgan fingerprint density at radius 3 is 2.66 bits per heavy atom. The van der Waals surface area contributed by atoms with Gasteiger partial charge in [0.15, 0.2) is 5.49 Å². The summed E-state index contributed by atoms with van der Waals surface area (Å²) in [6.07, 6.45) is 14.9. The minimum atomic E-state index is 0.838. The predicted octanol–water partition coefficient (Wildman–Crippen LogP) is 5.21. The second-order valence-electron chi connectivity index (χ2n) is 7.43. The maximum Gasteiger partial charge on any atom is 0.154 e. The third-order valence-electron chi connectivity index (χ3n) is 4.85. The van der Waals surface area contributed by atoms with Gasteiger partial charge in [-0.05, 0) is 77.2 Å². The van der Waals surface area contributed by atoms with E-state index in [1.807, 2.05) is 13.0 Å². The van der Waals surface area contributed by atoms with E-state index in [2.05, 4.69) is 75.7 Å². The van der Waals surface area contributed by atoms with Gasteiger partial charge in [-0.15, -0.1) is 0 Å². The quantitative estimate of drug-likeness (QED) is 0.446. The molecule has 0 aromatic carbocycles. The van der Waals surface area contributed by atoms with Crippen molar-refractivity contribution in [3.05, 3.63) is 87.9 Å². The van der Waals surface area contributed by atoms with Crippen molar-refractivity contribution in [1.82, 2.24) is 4.98 Å². The summed E-state index contributed by atoms with van der Waals surface area (Å²) in [5, 5.41) is 1.15. The van der Waals surface area contributed by atoms with Crippen LogP contribution in [0.3, 0.4) is 0 Å². The van der Waals surface area contributed by atoms with Crippen molar-refractivity contribution in [1.29, 1.82) is 0 Å². The van der Waals surface area contributed by atoms with Crippen molar-refractivity contribution in [2.75, 3.05) is 6.54 Å². The number of aromatic nitrogens is 1. The highest BCUT2D eigenvalue weighted by Crippen LogP contribution is 2.17. The molecule has 1 aliphatic rings. The zero-order valence-electron chi connectivity index (χ0n) is 18.5. The Morgan fingerprint density at radius 2 is 1.97 bits per heavy atom. The van der Waals surface area contributed by atoms with Crippen molar-refractivity contribution >= 4 is 11.8 Å². The fourth-order valence-electron chi connectivity index (χ4n) is 3.28. The van der Waals surface area contributed by atoms with Gasteiger partial charge in [-0.2, -0.15) is 0 Å². The van der Waals surface area contributed by atoms with E-state index < -0.39 is 0 Å². The first-order valence-electron chi connectivity index (χ1n) is 10.3. The molecule has 0 saturated heterocycles. The standard InChI is InChI=1S/C26H33N3/c1-7-9-13-24(20(5)11-8-2)21(6)28-25(19(3)4)17-16-23-15-14-22-12-10-18-27-26(22)29-23/h7-9,11-15H,1,10,16-18H2,2-6H3/b11-8-,13-9-,24-20-,28-21?. The first kappa shape index (κ1) is 22.5. The SMILES string of the molecule is C=C\C=C/C(C(C)=NC(CCc1ccc2c(n1)=NCCC=2)=C(C)C)=C(C)/C=C\C. The number of nitrogens with zero attached hydrogens (tertiary/aromatic N) is 3. The van der Waals surface area contributed by atoms with Gasteiger partial charge in [0.2, 0.25) is 0 Å². The average Bonchev–Trinajstić information content (AvgIpc) is 2.71. The molecule has 0 radical (unpaired) electrons. The van der Waals surface area contributed by atoms with Crippen molar-refractivity contribution in [3.63, 3.8) is 0 Å². The van der Waals surface area contributed by atoms with E-state index in [4.69, 9.17) is 9.98 Å². The lowest BCUT2D eigenvalue weighted by Gasteiger charge is -2.10. The van der Waals surface area contributed by atoms with Crippen LogP contribution in [-0.4, -0.2) is 17.2 Å². The molecule has 0 fully saturated rings. The van der Waals surface area contributed by atoms with Gasteiger partial charge in [0.05, 0.1) is 0 Å². The van der Waals surface area contributed by atoms with Crippen LogP contribution in [0.15, 0.2) is 81.5 Å². The summed E-state index contributed by atoms with van der Waals surface area (Å²) in [6.45, 7) is 15.1. The largest absolute Gasteiger partial charge is 0.266 e. The van der Waals surface area contributed by atoms with Crippen LogP contribution in [0.1, 0.15) is 53.2 Å². The van der Waals surface area contributed by atoms with E-state index in [1.165, 1.54) is 11.1 Å². The zero-order valence-corrected chi connectivity index (χ0v) is 18.5. The minimum Gasteiger partial charge on any atom is -0.266 e. The Bertz CT molecular complexity index is 1010. The second-order valence-corrected chi connectivity index (χ2v) is 7.43. The van der Waals surface area contributed by atoms with Gasteiger partial charge in [-0.25, -0.2) is 4.98 Å². The molecule has 1 aliphatic heterocycles. The first-order chi connectivity index (χ1) is 14.0. The topological polar surface area (TPSA) is 37.6 Å². The summed E-state index contributed by atoms with van der Waals surface area (Å²) < 4.78 is 0. The van der Waals surface area contributed by atoms with Crippen LogP contribution >= 0.6 is 0 Å². The number of hydrogen-bond acceptors (Lipinski definition) is 3. The van der Waals surface area contributed by atoms with Gasteiger partial charge in [0.1, 0.15) is 0 Å². The molecule has 29 heavy (non-hydrogen) atoms. The van der Waals surface area contributed by atoms with Gasteiger partial charge in [0.25, 0.3) is 0 Å². The Labute approximate surface area is 175 Å². The molecule has 0 amide bonds. The molecule has 152 valence electrons. The van der Waals surface area contributed by atoms with Crippen molar-refractivity contribution in [2.45, 2.75) is 53.9 Å². The van der Waals surface area contributed by atoms with E-state index in [9.17, 15) is 0 Å². The molecule has 0 N–H and O–H groups in total. The normalized spacial score (nSPS) is 14.9. The molecule has 0 spiro atoms. The number of aliphatic imine (C=N–C) groups is 1. The Hall–Kier alpha value is -2.81. The van der Waals surface area contributed by atoms with Gasteiger partial charge in [0, 0.05) is 28.9 Å². The predicted molar refractivity (Wildman–Crippen MR) is 126 cm³/mol. The summed E-state index contributed by atoms with van der Waals surface area (Å²) in [6, 6.07) is 4.25. The summed E-state index contributed by atoms with van der Waals surface area (Å²) in [5.41, 5.74) is 7.63. The van der Waals surface area contributed by atoms with Crippen LogP contribution in [0.5, 0.6) is 0 Å².